The second-order valence-electron chi connectivity index (χ2n) is 6.40. The fourth-order valence-electron chi connectivity index (χ4n) is 4.04. The minimum absolute atomic E-state index is 0.947. The molecule has 0 saturated heterocycles. The van der Waals surface area contributed by atoms with Crippen LogP contribution >= 0.6 is 0 Å². The van der Waals surface area contributed by atoms with Gasteiger partial charge in [0.15, 0.2) is 0 Å². The average Bonchev–Trinajstić information content (AvgIpc) is 3.17. The Morgan fingerprint density at radius 2 is 1.52 bits per heavy atom. The van der Waals surface area contributed by atoms with Crippen molar-refractivity contribution in [1.82, 2.24) is 14.4 Å². The minimum atomic E-state index is 0.947. The lowest BCUT2D eigenvalue weighted by atomic mass is 9.95. The summed E-state index contributed by atoms with van der Waals surface area (Å²) in [5, 5.41) is 8.70. The highest BCUT2D eigenvalue weighted by Crippen LogP contribution is 2.37. The molecule has 6 aromatic rings. The molecule has 3 nitrogen and oxygen atoms in total. The molecular formula is C22H13N3. The van der Waals surface area contributed by atoms with Gasteiger partial charge in [0, 0.05) is 22.4 Å². The van der Waals surface area contributed by atoms with Crippen molar-refractivity contribution in [3.05, 3.63) is 79.4 Å². The third-order valence-corrected chi connectivity index (χ3v) is 5.11. The van der Waals surface area contributed by atoms with Gasteiger partial charge in [-0.15, -0.1) is 0 Å². The fourth-order valence-corrected chi connectivity index (χ4v) is 4.04. The highest BCUT2D eigenvalue weighted by atomic mass is 15.0. The second kappa shape index (κ2) is 4.54. The third kappa shape index (κ3) is 1.59. The van der Waals surface area contributed by atoms with Crippen LogP contribution in [0.3, 0.4) is 0 Å². The number of hydrogen-bond donors (Lipinski definition) is 0. The third-order valence-electron chi connectivity index (χ3n) is 5.11. The quantitative estimate of drug-likeness (QED) is 0.354. The number of pyridine rings is 2. The van der Waals surface area contributed by atoms with E-state index in [2.05, 4.69) is 69.0 Å². The van der Waals surface area contributed by atoms with Gasteiger partial charge >= 0.3 is 0 Å². The van der Waals surface area contributed by atoms with Gasteiger partial charge in [-0.3, -0.25) is 4.40 Å². The largest absolute Gasteiger partial charge is 0.282 e. The van der Waals surface area contributed by atoms with Crippen molar-refractivity contribution in [3.63, 3.8) is 0 Å². The highest BCUT2D eigenvalue weighted by Gasteiger charge is 2.13. The number of rotatable bonds is 0. The summed E-state index contributed by atoms with van der Waals surface area (Å²) in [5.41, 5.74) is 2.04. The van der Waals surface area contributed by atoms with Crippen LogP contribution in [0.25, 0.3) is 48.9 Å². The number of fused-ring (bicyclic) bond motifs is 10. The summed E-state index contributed by atoms with van der Waals surface area (Å²) < 4.78 is 2.08. The van der Waals surface area contributed by atoms with Crippen LogP contribution in [0.5, 0.6) is 0 Å². The molecule has 0 spiro atoms. The average molecular weight is 319 g/mol. The Morgan fingerprint density at radius 3 is 2.52 bits per heavy atom. The molecule has 0 atom stereocenters. The van der Waals surface area contributed by atoms with Crippen LogP contribution in [0.4, 0.5) is 0 Å². The topological polar surface area (TPSA) is 30.2 Å². The van der Waals surface area contributed by atoms with E-state index in [1.54, 1.807) is 0 Å². The first-order valence-electron chi connectivity index (χ1n) is 8.35. The second-order valence-corrected chi connectivity index (χ2v) is 6.40. The zero-order valence-corrected chi connectivity index (χ0v) is 13.3. The Hall–Kier alpha value is -3.46. The molecule has 0 aliphatic rings. The molecule has 6 rings (SSSR count). The smallest absolute Gasteiger partial charge is 0.146 e. The molecule has 3 heterocycles. The molecule has 3 aromatic heterocycles. The van der Waals surface area contributed by atoms with Crippen LogP contribution in [0, 0.1) is 0 Å². The Balaban J connectivity index is 2.07. The van der Waals surface area contributed by atoms with Gasteiger partial charge in [0.2, 0.25) is 0 Å². The number of benzene rings is 3. The number of hydrogen-bond acceptors (Lipinski definition) is 2. The summed E-state index contributed by atoms with van der Waals surface area (Å²) in [7, 11) is 0. The predicted octanol–water partition coefficient (Wildman–Crippen LogP) is 5.34. The zero-order valence-electron chi connectivity index (χ0n) is 13.3. The van der Waals surface area contributed by atoms with Crippen molar-refractivity contribution >= 4 is 48.9 Å². The van der Waals surface area contributed by atoms with Crippen molar-refractivity contribution in [2.45, 2.75) is 0 Å². The number of aromatic nitrogens is 3. The van der Waals surface area contributed by atoms with E-state index in [4.69, 9.17) is 0 Å². The molecule has 0 fully saturated rings. The maximum absolute atomic E-state index is 4.64. The van der Waals surface area contributed by atoms with E-state index in [1.807, 2.05) is 24.8 Å². The molecule has 3 heteroatoms. The van der Waals surface area contributed by atoms with E-state index in [0.29, 0.717) is 0 Å². The number of imidazole rings is 1. The Morgan fingerprint density at radius 1 is 0.680 bits per heavy atom. The zero-order chi connectivity index (χ0) is 16.4. The van der Waals surface area contributed by atoms with E-state index in [9.17, 15) is 0 Å². The van der Waals surface area contributed by atoms with Gasteiger partial charge in [-0.2, -0.15) is 0 Å². The normalized spacial score (nSPS) is 12.0. The maximum atomic E-state index is 4.64. The summed E-state index contributed by atoms with van der Waals surface area (Å²) >= 11 is 0. The van der Waals surface area contributed by atoms with Crippen LogP contribution in [0.2, 0.25) is 0 Å². The molecule has 3 aromatic carbocycles. The van der Waals surface area contributed by atoms with Gasteiger partial charge in [0.25, 0.3) is 0 Å². The lowest BCUT2D eigenvalue weighted by Crippen LogP contribution is -1.93. The Labute approximate surface area is 143 Å². The van der Waals surface area contributed by atoms with Gasteiger partial charge in [0.05, 0.1) is 11.7 Å². The monoisotopic (exact) mass is 319 g/mol. The van der Waals surface area contributed by atoms with Crippen molar-refractivity contribution in [3.8, 4) is 0 Å². The first kappa shape index (κ1) is 12.9. The molecular weight excluding hydrogens is 306 g/mol. The van der Waals surface area contributed by atoms with Crippen molar-refractivity contribution in [1.29, 1.82) is 0 Å². The van der Waals surface area contributed by atoms with E-state index >= 15 is 0 Å². The van der Waals surface area contributed by atoms with Crippen molar-refractivity contribution in [2.24, 2.45) is 0 Å². The molecule has 116 valence electrons. The molecule has 0 radical (unpaired) electrons. The first-order chi connectivity index (χ1) is 12.4. The van der Waals surface area contributed by atoms with Crippen LogP contribution in [0.1, 0.15) is 0 Å². The molecule has 0 amide bonds. The van der Waals surface area contributed by atoms with Crippen molar-refractivity contribution < 1.29 is 0 Å². The molecule has 0 N–H and O–H groups in total. The SMILES string of the molecule is c1ccc2c(c1)ccc1ccc3c(c4cccnc4n4cncc34)c12. The summed E-state index contributed by atoms with van der Waals surface area (Å²) in [6, 6.07) is 21.6. The molecule has 0 aliphatic heterocycles. The fraction of sp³-hybridized carbons (Fsp3) is 0. The maximum Gasteiger partial charge on any atom is 0.146 e. The lowest BCUT2D eigenvalue weighted by Gasteiger charge is -2.12. The van der Waals surface area contributed by atoms with Crippen LogP contribution < -0.4 is 0 Å². The summed E-state index contributed by atoms with van der Waals surface area (Å²) in [6.45, 7) is 0. The van der Waals surface area contributed by atoms with Crippen molar-refractivity contribution in [2.75, 3.05) is 0 Å². The molecule has 0 bridgehead atoms. The summed E-state index contributed by atoms with van der Waals surface area (Å²) in [5.74, 6) is 0. The van der Waals surface area contributed by atoms with Gasteiger partial charge in [-0.25, -0.2) is 9.97 Å². The van der Waals surface area contributed by atoms with Gasteiger partial charge < -0.3 is 0 Å². The Kier molecular flexibility index (Phi) is 2.35. The van der Waals surface area contributed by atoms with E-state index < -0.39 is 0 Å². The molecule has 0 unspecified atom stereocenters. The lowest BCUT2D eigenvalue weighted by molar-refractivity contribution is 1.17. The molecule has 0 aliphatic carbocycles. The highest BCUT2D eigenvalue weighted by molar-refractivity contribution is 6.29. The van der Waals surface area contributed by atoms with Gasteiger partial charge in [-0.1, -0.05) is 48.5 Å². The first-order valence-corrected chi connectivity index (χ1v) is 8.35. The minimum Gasteiger partial charge on any atom is -0.282 e. The van der Waals surface area contributed by atoms with E-state index in [0.717, 1.165) is 16.6 Å². The molecule has 0 saturated carbocycles. The van der Waals surface area contributed by atoms with E-state index in [-0.39, 0.29) is 0 Å². The predicted molar refractivity (Wildman–Crippen MR) is 103 cm³/mol. The number of nitrogens with zero attached hydrogens (tertiary/aromatic N) is 3. The van der Waals surface area contributed by atoms with Crippen LogP contribution in [-0.2, 0) is 0 Å². The van der Waals surface area contributed by atoms with Crippen LogP contribution in [-0.4, -0.2) is 14.4 Å². The van der Waals surface area contributed by atoms with Gasteiger partial charge in [-0.05, 0) is 33.7 Å². The standard InChI is InChI=1S/C22H13N3/c1-2-5-16-14(4-1)7-8-15-9-10-17-19-12-23-13-25(19)22-18(6-3-11-24-22)21(17)20(15)16/h1-13H. The van der Waals surface area contributed by atoms with Crippen LogP contribution in [0.15, 0.2) is 79.4 Å². The molecule has 25 heavy (non-hydrogen) atoms. The Bertz CT molecular complexity index is 1440. The van der Waals surface area contributed by atoms with E-state index in [1.165, 1.54) is 32.3 Å². The van der Waals surface area contributed by atoms with Gasteiger partial charge in [0.1, 0.15) is 12.0 Å². The summed E-state index contributed by atoms with van der Waals surface area (Å²) in [6.07, 6.45) is 5.61. The summed E-state index contributed by atoms with van der Waals surface area (Å²) in [4.78, 5) is 9.01.